The summed E-state index contributed by atoms with van der Waals surface area (Å²) < 4.78 is 53.8. The van der Waals surface area contributed by atoms with E-state index in [1.54, 1.807) is 0 Å². The average molecular weight is 847 g/mol. The molecular weight excluding hydrogens is 777 g/mol. The molecule has 0 amide bonds. The molecule has 12 nitrogen and oxygen atoms in total. The Morgan fingerprint density at radius 1 is 0.593 bits per heavy atom. The first-order valence-electron chi connectivity index (χ1n) is 21.1. The normalized spacial score (nSPS) is 21.4. The van der Waals surface area contributed by atoms with E-state index in [9.17, 15) is 37.9 Å². The molecule has 59 heavy (non-hydrogen) atoms. The molecule has 1 saturated heterocycles. The molecule has 1 aliphatic rings. The van der Waals surface area contributed by atoms with Crippen molar-refractivity contribution in [1.29, 1.82) is 0 Å². The van der Waals surface area contributed by atoms with Crippen LogP contribution in [-0.2, 0) is 38.7 Å². The predicted octanol–water partition coefficient (Wildman–Crippen LogP) is 8.05. The molecule has 1 aliphatic heterocycles. The largest absolute Gasteiger partial charge is 0.462 e. The van der Waals surface area contributed by atoms with Crippen molar-refractivity contribution < 1.29 is 56.8 Å². The average Bonchev–Trinajstić information content (AvgIpc) is 3.20. The first-order chi connectivity index (χ1) is 28.5. The van der Waals surface area contributed by atoms with Crippen LogP contribution < -0.4 is 0 Å². The van der Waals surface area contributed by atoms with Gasteiger partial charge < -0.3 is 34.3 Å². The second-order valence-corrected chi connectivity index (χ2v) is 15.6. The Morgan fingerprint density at radius 3 is 1.64 bits per heavy atom. The summed E-state index contributed by atoms with van der Waals surface area (Å²) in [6.07, 6.45) is 38.6. The number of ether oxygens (including phenoxy) is 4. The summed E-state index contributed by atoms with van der Waals surface area (Å²) in [5, 5.41) is 30.8. The van der Waals surface area contributed by atoms with Gasteiger partial charge in [-0.3, -0.25) is 14.1 Å². The minimum atomic E-state index is -4.62. The van der Waals surface area contributed by atoms with Crippen LogP contribution in [0.4, 0.5) is 0 Å². The number of carbonyl (C=O) groups is 2. The predicted molar refractivity (Wildman–Crippen MR) is 233 cm³/mol. The molecule has 1 fully saturated rings. The summed E-state index contributed by atoms with van der Waals surface area (Å²) in [7, 11) is -4.62. The fraction of sp³-hybridized carbons (Fsp3) is 0.565. The van der Waals surface area contributed by atoms with Crippen LogP contribution in [0.5, 0.6) is 0 Å². The van der Waals surface area contributed by atoms with Gasteiger partial charge in [0.2, 0.25) is 0 Å². The molecule has 0 aromatic carbocycles. The zero-order valence-corrected chi connectivity index (χ0v) is 35.9. The van der Waals surface area contributed by atoms with Crippen LogP contribution in [0.15, 0.2) is 109 Å². The van der Waals surface area contributed by atoms with Gasteiger partial charge in [-0.1, -0.05) is 155 Å². The molecule has 3 unspecified atom stereocenters. The van der Waals surface area contributed by atoms with E-state index in [4.69, 9.17) is 18.9 Å². The van der Waals surface area contributed by atoms with Crippen LogP contribution in [0.25, 0.3) is 0 Å². The Bertz CT molecular complexity index is 1500. The Labute approximate surface area is 353 Å². The SMILES string of the molecule is CC/C=C/C=C/C=C/C=C/C=C/CCCC(=O)OC(COC(=O)CCCCCCC/C=C/C=C/C=C/C=C/CCCCC)CO[C@H]1O[C@H](CS(=O)(=O)O)[C@@H](O)C(O)C1O. The van der Waals surface area contributed by atoms with Crippen molar-refractivity contribution >= 4 is 22.1 Å². The summed E-state index contributed by atoms with van der Waals surface area (Å²) in [5.74, 6) is -2.13. The Kier molecular flexibility index (Phi) is 31.7. The van der Waals surface area contributed by atoms with E-state index >= 15 is 0 Å². The smallest absolute Gasteiger partial charge is 0.306 e. The summed E-state index contributed by atoms with van der Waals surface area (Å²) >= 11 is 0. The number of aliphatic hydroxyl groups is 3. The first kappa shape index (κ1) is 53.3. The van der Waals surface area contributed by atoms with Gasteiger partial charge in [-0.05, 0) is 51.4 Å². The highest BCUT2D eigenvalue weighted by Gasteiger charge is 2.46. The van der Waals surface area contributed by atoms with E-state index in [2.05, 4.69) is 38.2 Å². The summed E-state index contributed by atoms with van der Waals surface area (Å²) in [5.41, 5.74) is 0. The minimum absolute atomic E-state index is 0.0549. The maximum Gasteiger partial charge on any atom is 0.306 e. The molecule has 13 heteroatoms. The van der Waals surface area contributed by atoms with Crippen LogP contribution in [0.2, 0.25) is 0 Å². The molecule has 0 radical (unpaired) electrons. The molecule has 1 rings (SSSR count). The highest BCUT2D eigenvalue weighted by Crippen LogP contribution is 2.23. The van der Waals surface area contributed by atoms with Crippen molar-refractivity contribution in [3.8, 4) is 0 Å². The molecule has 0 bridgehead atoms. The topological polar surface area (TPSA) is 186 Å². The van der Waals surface area contributed by atoms with E-state index in [-0.39, 0.29) is 19.4 Å². The lowest BCUT2D eigenvalue weighted by Gasteiger charge is -2.40. The van der Waals surface area contributed by atoms with Gasteiger partial charge >= 0.3 is 11.9 Å². The lowest BCUT2D eigenvalue weighted by Crippen LogP contribution is -2.60. The maximum atomic E-state index is 12.7. The minimum Gasteiger partial charge on any atom is -0.462 e. The van der Waals surface area contributed by atoms with Crippen LogP contribution in [0.1, 0.15) is 110 Å². The van der Waals surface area contributed by atoms with Gasteiger partial charge in [0, 0.05) is 12.8 Å². The highest BCUT2D eigenvalue weighted by atomic mass is 32.2. The third-order valence-electron chi connectivity index (χ3n) is 8.81. The van der Waals surface area contributed by atoms with Gasteiger partial charge in [0.15, 0.2) is 12.4 Å². The van der Waals surface area contributed by atoms with Crippen molar-refractivity contribution in [3.63, 3.8) is 0 Å². The fourth-order valence-electron chi connectivity index (χ4n) is 5.54. The number of carbonyl (C=O) groups excluding carboxylic acids is 2. The molecule has 0 aliphatic carbocycles. The lowest BCUT2D eigenvalue weighted by atomic mass is 10.00. The van der Waals surface area contributed by atoms with Crippen molar-refractivity contribution in [1.82, 2.24) is 0 Å². The zero-order chi connectivity index (χ0) is 43.4. The van der Waals surface area contributed by atoms with Gasteiger partial charge in [-0.15, -0.1) is 0 Å². The lowest BCUT2D eigenvalue weighted by molar-refractivity contribution is -0.297. The van der Waals surface area contributed by atoms with E-state index in [1.807, 2.05) is 85.1 Å². The summed E-state index contributed by atoms with van der Waals surface area (Å²) in [4.78, 5) is 25.3. The molecule has 6 atom stereocenters. The Morgan fingerprint density at radius 2 is 1.08 bits per heavy atom. The van der Waals surface area contributed by atoms with Crippen LogP contribution in [0, 0.1) is 0 Å². The third-order valence-corrected chi connectivity index (χ3v) is 9.56. The third kappa shape index (κ3) is 30.1. The second-order valence-electron chi connectivity index (χ2n) is 14.1. The molecule has 0 spiro atoms. The number of esters is 2. The molecule has 0 aromatic heterocycles. The van der Waals surface area contributed by atoms with Crippen molar-refractivity contribution in [2.45, 2.75) is 147 Å². The van der Waals surface area contributed by atoms with Gasteiger partial charge in [0.05, 0.1) is 6.61 Å². The van der Waals surface area contributed by atoms with E-state index < -0.39 is 71.2 Å². The van der Waals surface area contributed by atoms with Gasteiger partial charge in [0.1, 0.15) is 36.8 Å². The van der Waals surface area contributed by atoms with E-state index in [0.29, 0.717) is 19.3 Å². The maximum absolute atomic E-state index is 12.7. The molecule has 332 valence electrons. The number of allylic oxidation sites excluding steroid dienone is 18. The van der Waals surface area contributed by atoms with Crippen LogP contribution >= 0.6 is 0 Å². The number of hydrogen-bond acceptors (Lipinski definition) is 11. The standard InChI is InChI=1S/C46H70O12S/c1-3-5-7-9-11-13-15-17-18-19-20-21-23-24-26-28-30-32-34-41(47)55-36-39(37-56-46-45(51)44(50)43(49)40(58-46)38-59(52,53)54)57-42(48)35-33-31-29-27-25-22-16-14-12-10-8-6-4-2/h6,8,10-22,25,27,29,39-40,43-46,49-51H,3-5,7,9,23-24,26,28,30-38H2,1-2H3,(H,52,53,54)/b8-6+,12-10+,13-11+,16-14+,17-15+,19-18+,21-20+,25-22+,29-27+/t39?,40-,43-,44?,45?,46+/m1/s1. The van der Waals surface area contributed by atoms with Crippen molar-refractivity contribution in [2.24, 2.45) is 0 Å². The molecular formula is C46H70O12S. The van der Waals surface area contributed by atoms with E-state index in [1.165, 1.54) is 19.3 Å². The summed E-state index contributed by atoms with van der Waals surface area (Å²) in [6, 6.07) is 0. The monoisotopic (exact) mass is 846 g/mol. The summed E-state index contributed by atoms with van der Waals surface area (Å²) in [6.45, 7) is 3.46. The number of aliphatic hydroxyl groups excluding tert-OH is 3. The van der Waals surface area contributed by atoms with Crippen LogP contribution in [-0.4, -0.2) is 96.0 Å². The number of unbranched alkanes of at least 4 members (excludes halogenated alkanes) is 9. The molecule has 0 aromatic rings. The molecule has 1 heterocycles. The molecule has 0 saturated carbocycles. The number of hydrogen-bond donors (Lipinski definition) is 4. The van der Waals surface area contributed by atoms with Gasteiger partial charge in [-0.2, -0.15) is 8.42 Å². The quantitative estimate of drug-likeness (QED) is 0.0221. The Hall–Kier alpha value is -3.69. The number of rotatable bonds is 32. The first-order valence-corrected chi connectivity index (χ1v) is 22.7. The second kappa shape index (κ2) is 35.1. The fourth-order valence-corrected chi connectivity index (χ4v) is 6.23. The van der Waals surface area contributed by atoms with Gasteiger partial charge in [-0.25, -0.2) is 0 Å². The zero-order valence-electron chi connectivity index (χ0n) is 35.0. The highest BCUT2D eigenvalue weighted by molar-refractivity contribution is 7.85. The Balaban J connectivity index is 2.55. The van der Waals surface area contributed by atoms with Crippen LogP contribution in [0.3, 0.4) is 0 Å². The van der Waals surface area contributed by atoms with Crippen molar-refractivity contribution in [3.05, 3.63) is 109 Å². The van der Waals surface area contributed by atoms with E-state index in [0.717, 1.165) is 44.9 Å². The van der Waals surface area contributed by atoms with Gasteiger partial charge in [0.25, 0.3) is 10.1 Å². The van der Waals surface area contributed by atoms with Crippen molar-refractivity contribution in [2.75, 3.05) is 19.0 Å². The molecule has 4 N–H and O–H groups in total.